The van der Waals surface area contributed by atoms with Gasteiger partial charge in [-0.1, -0.05) is 129 Å². The number of hydrogen-bond donors (Lipinski definition) is 1. The third-order valence-corrected chi connectivity index (χ3v) is 6.11. The highest BCUT2D eigenvalue weighted by atomic mass is 16.5. The lowest BCUT2D eigenvalue weighted by molar-refractivity contribution is -0.151. The summed E-state index contributed by atoms with van der Waals surface area (Å²) in [5, 5.41) is 9.41. The number of esters is 1. The predicted molar refractivity (Wildman–Crippen MR) is 130 cm³/mol. The Morgan fingerprint density at radius 3 is 1.30 bits per heavy atom. The van der Waals surface area contributed by atoms with Crippen molar-refractivity contribution >= 4 is 5.97 Å². The van der Waals surface area contributed by atoms with Gasteiger partial charge in [0.15, 0.2) is 0 Å². The van der Waals surface area contributed by atoms with Crippen LogP contribution in [-0.4, -0.2) is 23.8 Å². The molecular formula is C27H54O3. The first-order chi connectivity index (χ1) is 14.6. The third-order valence-electron chi connectivity index (χ3n) is 6.11. The van der Waals surface area contributed by atoms with E-state index in [9.17, 15) is 9.90 Å². The van der Waals surface area contributed by atoms with Crippen molar-refractivity contribution in [3.8, 4) is 0 Å². The molecular weight excluding hydrogens is 372 g/mol. The molecule has 0 heterocycles. The lowest BCUT2D eigenvalue weighted by atomic mass is 9.94. The van der Waals surface area contributed by atoms with Crippen molar-refractivity contribution in [2.45, 2.75) is 155 Å². The summed E-state index contributed by atoms with van der Waals surface area (Å²) in [6.07, 6.45) is 24.9. The number of aliphatic hydroxyl groups is 1. The van der Waals surface area contributed by atoms with E-state index in [1.807, 2.05) is 0 Å². The van der Waals surface area contributed by atoms with Gasteiger partial charge in [0.1, 0.15) is 6.61 Å². The van der Waals surface area contributed by atoms with E-state index in [2.05, 4.69) is 13.8 Å². The SMILES string of the molecule is CCCCCCCCCCCCC(CCCCCCCCCC)C(=O)OCC(C)O. The topological polar surface area (TPSA) is 46.5 Å². The van der Waals surface area contributed by atoms with E-state index in [1.54, 1.807) is 6.92 Å². The molecule has 0 aliphatic carbocycles. The summed E-state index contributed by atoms with van der Waals surface area (Å²) >= 11 is 0. The highest BCUT2D eigenvalue weighted by Gasteiger charge is 2.19. The molecule has 2 atom stereocenters. The molecule has 0 radical (unpaired) electrons. The van der Waals surface area contributed by atoms with Gasteiger partial charge < -0.3 is 9.84 Å². The quantitative estimate of drug-likeness (QED) is 0.132. The van der Waals surface area contributed by atoms with E-state index >= 15 is 0 Å². The van der Waals surface area contributed by atoms with Crippen molar-refractivity contribution in [1.29, 1.82) is 0 Å². The first kappa shape index (κ1) is 29.4. The van der Waals surface area contributed by atoms with Crippen LogP contribution in [0.4, 0.5) is 0 Å². The Hall–Kier alpha value is -0.570. The average Bonchev–Trinajstić information content (AvgIpc) is 2.73. The number of ether oxygens (including phenoxy) is 1. The van der Waals surface area contributed by atoms with E-state index < -0.39 is 6.10 Å². The molecule has 0 rings (SSSR count). The maximum absolute atomic E-state index is 12.4. The summed E-state index contributed by atoms with van der Waals surface area (Å²) in [7, 11) is 0. The number of unbranched alkanes of at least 4 members (excludes halogenated alkanes) is 16. The lowest BCUT2D eigenvalue weighted by Crippen LogP contribution is -2.22. The minimum atomic E-state index is -0.574. The molecule has 0 aromatic rings. The molecule has 3 nitrogen and oxygen atoms in total. The average molecular weight is 427 g/mol. The molecule has 0 aromatic carbocycles. The van der Waals surface area contributed by atoms with E-state index in [1.165, 1.54) is 103 Å². The van der Waals surface area contributed by atoms with Gasteiger partial charge in [0.05, 0.1) is 12.0 Å². The lowest BCUT2D eigenvalue weighted by Gasteiger charge is -2.17. The van der Waals surface area contributed by atoms with Crippen LogP contribution in [0.3, 0.4) is 0 Å². The van der Waals surface area contributed by atoms with Crippen LogP contribution < -0.4 is 0 Å². The highest BCUT2D eigenvalue weighted by molar-refractivity contribution is 5.72. The zero-order chi connectivity index (χ0) is 22.3. The molecule has 0 aromatic heterocycles. The fourth-order valence-electron chi connectivity index (χ4n) is 4.10. The third kappa shape index (κ3) is 20.7. The van der Waals surface area contributed by atoms with E-state index in [0.717, 1.165) is 25.7 Å². The fourth-order valence-corrected chi connectivity index (χ4v) is 4.10. The van der Waals surface area contributed by atoms with Crippen LogP contribution in [0.15, 0.2) is 0 Å². The molecule has 30 heavy (non-hydrogen) atoms. The van der Waals surface area contributed by atoms with E-state index in [4.69, 9.17) is 4.74 Å². The smallest absolute Gasteiger partial charge is 0.309 e. The van der Waals surface area contributed by atoms with Crippen LogP contribution in [0.25, 0.3) is 0 Å². The van der Waals surface area contributed by atoms with Gasteiger partial charge in [-0.2, -0.15) is 0 Å². The molecule has 0 aliphatic rings. The normalized spacial score (nSPS) is 13.3. The summed E-state index contributed by atoms with van der Waals surface area (Å²) < 4.78 is 5.34. The second-order valence-electron chi connectivity index (χ2n) is 9.41. The number of hydrogen-bond acceptors (Lipinski definition) is 3. The summed E-state index contributed by atoms with van der Waals surface area (Å²) in [5.41, 5.74) is 0. The zero-order valence-corrected chi connectivity index (χ0v) is 20.8. The number of carbonyl (C=O) groups is 1. The summed E-state index contributed by atoms with van der Waals surface area (Å²) in [4.78, 5) is 12.4. The summed E-state index contributed by atoms with van der Waals surface area (Å²) in [6.45, 7) is 6.32. The van der Waals surface area contributed by atoms with Crippen molar-refractivity contribution in [3.63, 3.8) is 0 Å². The van der Waals surface area contributed by atoms with Crippen molar-refractivity contribution in [1.82, 2.24) is 0 Å². The minimum absolute atomic E-state index is 0.0258. The highest BCUT2D eigenvalue weighted by Crippen LogP contribution is 2.21. The molecule has 0 aliphatic heterocycles. The van der Waals surface area contributed by atoms with Gasteiger partial charge in [-0.25, -0.2) is 0 Å². The van der Waals surface area contributed by atoms with Gasteiger partial charge in [0, 0.05) is 0 Å². The van der Waals surface area contributed by atoms with Crippen LogP contribution in [0.5, 0.6) is 0 Å². The molecule has 0 bridgehead atoms. The Morgan fingerprint density at radius 2 is 0.967 bits per heavy atom. The maximum atomic E-state index is 12.4. The van der Waals surface area contributed by atoms with Crippen molar-refractivity contribution < 1.29 is 14.6 Å². The van der Waals surface area contributed by atoms with Crippen LogP contribution in [0.1, 0.15) is 149 Å². The summed E-state index contributed by atoms with van der Waals surface area (Å²) in [6, 6.07) is 0. The van der Waals surface area contributed by atoms with Crippen LogP contribution in [0.2, 0.25) is 0 Å². The number of aliphatic hydroxyl groups excluding tert-OH is 1. The van der Waals surface area contributed by atoms with Crippen molar-refractivity contribution in [3.05, 3.63) is 0 Å². The van der Waals surface area contributed by atoms with E-state index in [0.29, 0.717) is 0 Å². The molecule has 1 N–H and O–H groups in total. The van der Waals surface area contributed by atoms with Crippen molar-refractivity contribution in [2.75, 3.05) is 6.61 Å². The first-order valence-electron chi connectivity index (χ1n) is 13.5. The standard InChI is InChI=1S/C27H54O3/c1-4-6-8-10-12-14-15-17-19-21-23-26(27(29)30-24-25(3)28)22-20-18-16-13-11-9-7-5-2/h25-26,28H,4-24H2,1-3H3. The Morgan fingerprint density at radius 1 is 0.633 bits per heavy atom. The fraction of sp³-hybridized carbons (Fsp3) is 0.963. The Bertz CT molecular complexity index is 354. The second kappa shape index (κ2) is 23.1. The molecule has 0 saturated carbocycles. The largest absolute Gasteiger partial charge is 0.463 e. The van der Waals surface area contributed by atoms with Gasteiger partial charge in [0.2, 0.25) is 0 Å². The number of rotatable bonds is 23. The van der Waals surface area contributed by atoms with Crippen LogP contribution in [-0.2, 0) is 9.53 Å². The molecule has 0 amide bonds. The number of carbonyl (C=O) groups excluding carboxylic acids is 1. The zero-order valence-electron chi connectivity index (χ0n) is 20.8. The van der Waals surface area contributed by atoms with Gasteiger partial charge in [-0.15, -0.1) is 0 Å². The Labute approximate surface area is 188 Å². The first-order valence-corrected chi connectivity index (χ1v) is 13.5. The van der Waals surface area contributed by atoms with Gasteiger partial charge >= 0.3 is 5.97 Å². The molecule has 2 unspecified atom stereocenters. The van der Waals surface area contributed by atoms with Crippen molar-refractivity contribution in [2.24, 2.45) is 5.92 Å². The molecule has 0 fully saturated rings. The predicted octanol–water partition coefficient (Wildman–Crippen LogP) is 8.37. The molecule has 3 heteroatoms. The minimum Gasteiger partial charge on any atom is -0.463 e. The molecule has 180 valence electrons. The maximum Gasteiger partial charge on any atom is 0.309 e. The molecule has 0 saturated heterocycles. The Balaban J connectivity index is 3.92. The van der Waals surface area contributed by atoms with Crippen LogP contribution in [0, 0.1) is 5.92 Å². The monoisotopic (exact) mass is 426 g/mol. The Kier molecular flexibility index (Phi) is 22.7. The van der Waals surface area contributed by atoms with Crippen LogP contribution >= 0.6 is 0 Å². The molecule has 0 spiro atoms. The summed E-state index contributed by atoms with van der Waals surface area (Å²) in [5.74, 6) is -0.0624. The van der Waals surface area contributed by atoms with Gasteiger partial charge in [-0.05, 0) is 19.8 Å². The van der Waals surface area contributed by atoms with Gasteiger partial charge in [0.25, 0.3) is 0 Å². The van der Waals surface area contributed by atoms with E-state index in [-0.39, 0.29) is 18.5 Å². The van der Waals surface area contributed by atoms with Gasteiger partial charge in [-0.3, -0.25) is 4.79 Å². The second-order valence-corrected chi connectivity index (χ2v) is 9.41.